The van der Waals surface area contributed by atoms with Crippen LogP contribution in [-0.4, -0.2) is 16.8 Å². The Labute approximate surface area is 147 Å². The molecule has 2 aromatic carbocycles. The molecule has 3 rings (SSSR count). The molecule has 0 aliphatic heterocycles. The molecule has 0 atom stereocenters. The predicted molar refractivity (Wildman–Crippen MR) is 99.3 cm³/mol. The minimum Gasteiger partial charge on any atom is -0.350 e. The summed E-state index contributed by atoms with van der Waals surface area (Å²) >= 11 is 3.41. The van der Waals surface area contributed by atoms with Gasteiger partial charge >= 0.3 is 0 Å². The average molecular weight is 386 g/mol. The summed E-state index contributed by atoms with van der Waals surface area (Å²) in [7, 11) is 0. The molecular weight excluding hydrogens is 370 g/mol. The van der Waals surface area contributed by atoms with Crippen molar-refractivity contribution in [3.05, 3.63) is 58.7 Å². The number of halogens is 1. The van der Waals surface area contributed by atoms with Gasteiger partial charge < -0.3 is 15.6 Å². The van der Waals surface area contributed by atoms with E-state index in [1.807, 2.05) is 24.3 Å². The van der Waals surface area contributed by atoms with Crippen LogP contribution in [0.15, 0.2) is 53.0 Å². The van der Waals surface area contributed by atoms with Crippen molar-refractivity contribution < 1.29 is 9.59 Å². The Morgan fingerprint density at radius 1 is 1.00 bits per heavy atom. The topological polar surface area (TPSA) is 74.0 Å². The maximum absolute atomic E-state index is 12.4. The Kier molecular flexibility index (Phi) is 4.66. The van der Waals surface area contributed by atoms with Gasteiger partial charge in [0.15, 0.2) is 0 Å². The quantitative estimate of drug-likeness (QED) is 0.616. The third kappa shape index (κ3) is 3.65. The lowest BCUT2D eigenvalue weighted by molar-refractivity contribution is -0.115. The number of rotatable bonds is 4. The first-order valence-electron chi connectivity index (χ1n) is 7.54. The van der Waals surface area contributed by atoms with Gasteiger partial charge in [0.2, 0.25) is 5.91 Å². The highest BCUT2D eigenvalue weighted by Crippen LogP contribution is 2.21. The Balaban J connectivity index is 1.72. The Bertz CT molecular complexity index is 900. The monoisotopic (exact) mass is 385 g/mol. The summed E-state index contributed by atoms with van der Waals surface area (Å²) in [5, 5.41) is 6.57. The van der Waals surface area contributed by atoms with E-state index < -0.39 is 0 Å². The van der Waals surface area contributed by atoms with Crippen LogP contribution in [0, 0.1) is 0 Å². The van der Waals surface area contributed by atoms with Crippen LogP contribution in [0.25, 0.3) is 10.9 Å². The number of aromatic nitrogens is 1. The number of fused-ring (bicyclic) bond motifs is 1. The average Bonchev–Trinajstić information content (AvgIpc) is 2.99. The van der Waals surface area contributed by atoms with Crippen molar-refractivity contribution in [1.82, 2.24) is 4.98 Å². The van der Waals surface area contributed by atoms with Gasteiger partial charge in [-0.2, -0.15) is 0 Å². The van der Waals surface area contributed by atoms with Crippen LogP contribution in [0.4, 0.5) is 11.4 Å². The van der Waals surface area contributed by atoms with Gasteiger partial charge in [-0.1, -0.05) is 28.9 Å². The SMILES string of the molecule is CCC(=O)Nc1ccc(NC(=O)c2cc3ccc(Br)cc3[nH]2)cc1. The maximum atomic E-state index is 12.4. The van der Waals surface area contributed by atoms with Crippen LogP contribution >= 0.6 is 15.9 Å². The first kappa shape index (κ1) is 16.3. The molecule has 0 unspecified atom stereocenters. The zero-order valence-corrected chi connectivity index (χ0v) is 14.6. The van der Waals surface area contributed by atoms with E-state index in [1.54, 1.807) is 31.2 Å². The van der Waals surface area contributed by atoms with Gasteiger partial charge in [-0.3, -0.25) is 9.59 Å². The summed E-state index contributed by atoms with van der Waals surface area (Å²) in [5.74, 6) is -0.260. The number of amides is 2. The van der Waals surface area contributed by atoms with Crippen LogP contribution in [0.3, 0.4) is 0 Å². The number of aromatic amines is 1. The standard InChI is InChI=1S/C18H16BrN3O2/c1-2-17(23)20-13-5-7-14(8-6-13)21-18(24)16-9-11-3-4-12(19)10-15(11)22-16/h3-10,22H,2H2,1H3,(H,20,23)(H,21,24). The Morgan fingerprint density at radius 2 is 1.67 bits per heavy atom. The lowest BCUT2D eigenvalue weighted by Gasteiger charge is -2.06. The zero-order valence-electron chi connectivity index (χ0n) is 13.0. The molecule has 0 aliphatic carbocycles. The largest absolute Gasteiger partial charge is 0.350 e. The number of benzene rings is 2. The summed E-state index contributed by atoms with van der Waals surface area (Å²) in [4.78, 5) is 26.8. The molecule has 3 aromatic rings. The van der Waals surface area contributed by atoms with E-state index >= 15 is 0 Å². The van der Waals surface area contributed by atoms with E-state index in [9.17, 15) is 9.59 Å². The number of H-pyrrole nitrogens is 1. The Hall–Kier alpha value is -2.60. The van der Waals surface area contributed by atoms with Crippen LogP contribution in [0.5, 0.6) is 0 Å². The van der Waals surface area contributed by atoms with E-state index in [-0.39, 0.29) is 11.8 Å². The number of hydrogen-bond donors (Lipinski definition) is 3. The van der Waals surface area contributed by atoms with Gasteiger partial charge in [0.05, 0.1) is 0 Å². The summed E-state index contributed by atoms with van der Waals surface area (Å²) in [5.41, 5.74) is 2.75. The van der Waals surface area contributed by atoms with Crippen LogP contribution in [0.2, 0.25) is 0 Å². The van der Waals surface area contributed by atoms with Gasteiger partial charge in [0, 0.05) is 33.2 Å². The number of nitrogens with one attached hydrogen (secondary N) is 3. The minimum atomic E-state index is -0.215. The molecule has 1 aromatic heterocycles. The lowest BCUT2D eigenvalue weighted by atomic mass is 10.2. The highest BCUT2D eigenvalue weighted by Gasteiger charge is 2.10. The molecule has 0 bridgehead atoms. The van der Waals surface area contributed by atoms with Gasteiger partial charge in [-0.05, 0) is 42.5 Å². The molecule has 1 heterocycles. The van der Waals surface area contributed by atoms with Crippen molar-refractivity contribution in [3.63, 3.8) is 0 Å². The van der Waals surface area contributed by atoms with E-state index in [0.717, 1.165) is 15.4 Å². The normalized spacial score (nSPS) is 10.6. The summed E-state index contributed by atoms with van der Waals surface area (Å²) in [6, 6.07) is 14.6. The molecule has 0 saturated carbocycles. The van der Waals surface area contributed by atoms with E-state index in [2.05, 4.69) is 31.5 Å². The molecule has 3 N–H and O–H groups in total. The molecule has 0 spiro atoms. The number of carbonyl (C=O) groups is 2. The molecule has 0 saturated heterocycles. The second-order valence-corrected chi connectivity index (χ2v) is 6.26. The molecule has 6 heteroatoms. The fourth-order valence-corrected chi connectivity index (χ4v) is 2.67. The Morgan fingerprint density at radius 3 is 2.33 bits per heavy atom. The van der Waals surface area contributed by atoms with Crippen LogP contribution < -0.4 is 10.6 Å². The molecule has 0 fully saturated rings. The molecule has 0 aliphatic rings. The predicted octanol–water partition coefficient (Wildman–Crippen LogP) is 4.53. The second-order valence-electron chi connectivity index (χ2n) is 5.35. The van der Waals surface area contributed by atoms with Gasteiger partial charge in [-0.25, -0.2) is 0 Å². The van der Waals surface area contributed by atoms with E-state index in [0.29, 0.717) is 23.5 Å². The fourth-order valence-electron chi connectivity index (χ4n) is 2.31. The third-order valence-electron chi connectivity index (χ3n) is 3.58. The first-order chi connectivity index (χ1) is 11.5. The molecule has 0 radical (unpaired) electrons. The zero-order chi connectivity index (χ0) is 17.1. The van der Waals surface area contributed by atoms with Crippen LogP contribution in [-0.2, 0) is 4.79 Å². The second kappa shape index (κ2) is 6.88. The fraction of sp³-hybridized carbons (Fsp3) is 0.111. The third-order valence-corrected chi connectivity index (χ3v) is 4.07. The van der Waals surface area contributed by atoms with Crippen molar-refractivity contribution in [2.45, 2.75) is 13.3 Å². The maximum Gasteiger partial charge on any atom is 0.272 e. The summed E-state index contributed by atoms with van der Waals surface area (Å²) in [6.07, 6.45) is 0.426. The number of anilines is 2. The van der Waals surface area contributed by atoms with Crippen molar-refractivity contribution in [3.8, 4) is 0 Å². The van der Waals surface area contributed by atoms with Crippen molar-refractivity contribution in [1.29, 1.82) is 0 Å². The van der Waals surface area contributed by atoms with Crippen molar-refractivity contribution in [2.24, 2.45) is 0 Å². The van der Waals surface area contributed by atoms with Crippen LogP contribution in [0.1, 0.15) is 23.8 Å². The highest BCUT2D eigenvalue weighted by atomic mass is 79.9. The summed E-state index contributed by atoms with van der Waals surface area (Å²) in [6.45, 7) is 1.79. The molecule has 2 amide bonds. The highest BCUT2D eigenvalue weighted by molar-refractivity contribution is 9.10. The van der Waals surface area contributed by atoms with Gasteiger partial charge in [-0.15, -0.1) is 0 Å². The van der Waals surface area contributed by atoms with E-state index in [1.165, 1.54) is 0 Å². The number of carbonyl (C=O) groups excluding carboxylic acids is 2. The first-order valence-corrected chi connectivity index (χ1v) is 8.34. The van der Waals surface area contributed by atoms with Gasteiger partial charge in [0.25, 0.3) is 5.91 Å². The molecule has 5 nitrogen and oxygen atoms in total. The molecule has 24 heavy (non-hydrogen) atoms. The lowest BCUT2D eigenvalue weighted by Crippen LogP contribution is -2.12. The van der Waals surface area contributed by atoms with Crippen molar-refractivity contribution in [2.75, 3.05) is 10.6 Å². The van der Waals surface area contributed by atoms with E-state index in [4.69, 9.17) is 0 Å². The van der Waals surface area contributed by atoms with Crippen molar-refractivity contribution >= 4 is 50.0 Å². The molecule has 122 valence electrons. The minimum absolute atomic E-state index is 0.0454. The number of hydrogen-bond acceptors (Lipinski definition) is 2. The smallest absolute Gasteiger partial charge is 0.272 e. The summed E-state index contributed by atoms with van der Waals surface area (Å²) < 4.78 is 0.952. The van der Waals surface area contributed by atoms with Gasteiger partial charge in [0.1, 0.15) is 5.69 Å². The molecular formula is C18H16BrN3O2.